The molecule has 1 aliphatic rings. The lowest BCUT2D eigenvalue weighted by Gasteiger charge is -2.39. The van der Waals surface area contributed by atoms with Gasteiger partial charge in [-0.3, -0.25) is 0 Å². The van der Waals surface area contributed by atoms with Crippen molar-refractivity contribution in [2.24, 2.45) is 0 Å². The molecule has 160 valence electrons. The van der Waals surface area contributed by atoms with Crippen LogP contribution in [0.15, 0.2) is 18.3 Å². The zero-order chi connectivity index (χ0) is 21.6. The molecule has 0 aliphatic heterocycles. The first-order chi connectivity index (χ1) is 14.2. The zero-order valence-corrected chi connectivity index (χ0v) is 18.5. The molecule has 1 aliphatic carbocycles. The van der Waals surface area contributed by atoms with Crippen LogP contribution in [0.5, 0.6) is 0 Å². The van der Waals surface area contributed by atoms with Gasteiger partial charge in [0.15, 0.2) is 5.82 Å². The summed E-state index contributed by atoms with van der Waals surface area (Å²) in [5.41, 5.74) is 1.54. The molecule has 0 radical (unpaired) electrons. The molecular formula is C22H27ClFN5O. The number of rotatable bonds is 4. The molecule has 30 heavy (non-hydrogen) atoms. The number of aliphatic hydroxyl groups is 1. The highest BCUT2D eigenvalue weighted by Gasteiger charge is 2.36. The Bertz CT molecular complexity index is 1100. The summed E-state index contributed by atoms with van der Waals surface area (Å²) in [6.45, 7) is 7.92. The van der Waals surface area contributed by atoms with E-state index >= 15 is 0 Å². The lowest BCUT2D eigenvalue weighted by atomic mass is 9.81. The van der Waals surface area contributed by atoms with Gasteiger partial charge in [-0.25, -0.2) is 19.3 Å². The second kappa shape index (κ2) is 7.78. The summed E-state index contributed by atoms with van der Waals surface area (Å²) in [7, 11) is 0. The molecule has 3 aromatic rings. The highest BCUT2D eigenvalue weighted by molar-refractivity contribution is 6.33. The van der Waals surface area contributed by atoms with Crippen molar-refractivity contribution in [3.05, 3.63) is 35.0 Å². The van der Waals surface area contributed by atoms with Crippen LogP contribution >= 0.6 is 11.6 Å². The van der Waals surface area contributed by atoms with E-state index < -0.39 is 17.5 Å². The van der Waals surface area contributed by atoms with Gasteiger partial charge in [0, 0.05) is 11.6 Å². The predicted molar refractivity (Wildman–Crippen MR) is 117 cm³/mol. The number of aliphatic hydroxyl groups excluding tert-OH is 1. The second-order valence-electron chi connectivity index (χ2n) is 8.64. The summed E-state index contributed by atoms with van der Waals surface area (Å²) in [6, 6.07) is 3.41. The van der Waals surface area contributed by atoms with E-state index in [9.17, 15) is 9.50 Å². The van der Waals surface area contributed by atoms with Gasteiger partial charge in [-0.05, 0) is 52.7 Å². The van der Waals surface area contributed by atoms with Gasteiger partial charge in [0.2, 0.25) is 5.95 Å². The number of halogens is 2. The lowest BCUT2D eigenvalue weighted by molar-refractivity contribution is 0.0680. The second-order valence-corrected chi connectivity index (χ2v) is 9.05. The van der Waals surface area contributed by atoms with Gasteiger partial charge >= 0.3 is 0 Å². The number of imidazole rings is 1. The van der Waals surface area contributed by atoms with Gasteiger partial charge in [0.1, 0.15) is 11.3 Å². The van der Waals surface area contributed by atoms with Gasteiger partial charge < -0.3 is 15.0 Å². The SMILES string of the molecule is Cc1nc2c(F)cc(-c3nc(N[C@]4(C)CCCC[C@H]4O)ncc3Cl)cc2n1C(C)C. The number of fused-ring (bicyclic) bond motifs is 1. The Morgan fingerprint density at radius 2 is 2.07 bits per heavy atom. The molecule has 4 rings (SSSR count). The average Bonchev–Trinajstić information content (AvgIpc) is 3.02. The van der Waals surface area contributed by atoms with Crippen LogP contribution in [-0.2, 0) is 0 Å². The Kier molecular flexibility index (Phi) is 5.45. The predicted octanol–water partition coefficient (Wildman–Crippen LogP) is 5.28. The minimum Gasteiger partial charge on any atom is -0.391 e. The van der Waals surface area contributed by atoms with E-state index in [1.54, 1.807) is 0 Å². The lowest BCUT2D eigenvalue weighted by Crippen LogP contribution is -2.49. The van der Waals surface area contributed by atoms with Crippen molar-refractivity contribution in [2.45, 2.75) is 71.1 Å². The Hall–Kier alpha value is -2.25. The first kappa shape index (κ1) is 21.0. The van der Waals surface area contributed by atoms with Gasteiger partial charge in [0.25, 0.3) is 0 Å². The highest BCUT2D eigenvalue weighted by Crippen LogP contribution is 2.34. The molecule has 1 fully saturated rings. The zero-order valence-electron chi connectivity index (χ0n) is 17.7. The minimum absolute atomic E-state index is 0.135. The fourth-order valence-corrected chi connectivity index (χ4v) is 4.60. The third-order valence-electron chi connectivity index (χ3n) is 6.02. The summed E-state index contributed by atoms with van der Waals surface area (Å²) in [5, 5.41) is 14.1. The van der Waals surface area contributed by atoms with E-state index in [1.165, 1.54) is 12.3 Å². The van der Waals surface area contributed by atoms with E-state index in [1.807, 2.05) is 38.3 Å². The summed E-state index contributed by atoms with van der Waals surface area (Å²) in [5.74, 6) is 0.710. The molecule has 0 saturated heterocycles. The van der Waals surface area contributed by atoms with Crippen molar-refractivity contribution in [3.8, 4) is 11.3 Å². The van der Waals surface area contributed by atoms with E-state index in [0.717, 1.165) is 31.5 Å². The number of benzene rings is 1. The van der Waals surface area contributed by atoms with E-state index in [0.29, 0.717) is 33.3 Å². The van der Waals surface area contributed by atoms with Gasteiger partial charge in [-0.15, -0.1) is 0 Å². The maximum atomic E-state index is 14.9. The number of hydrogen-bond donors (Lipinski definition) is 2. The van der Waals surface area contributed by atoms with E-state index in [-0.39, 0.29) is 6.04 Å². The first-order valence-electron chi connectivity index (χ1n) is 10.4. The first-order valence-corrected chi connectivity index (χ1v) is 10.7. The Balaban J connectivity index is 1.78. The largest absolute Gasteiger partial charge is 0.391 e. The van der Waals surface area contributed by atoms with Crippen LogP contribution in [0.1, 0.15) is 58.3 Å². The van der Waals surface area contributed by atoms with Crippen LogP contribution in [-0.4, -0.2) is 36.3 Å². The van der Waals surface area contributed by atoms with Crippen molar-refractivity contribution >= 4 is 28.6 Å². The molecule has 2 aromatic heterocycles. The molecule has 1 saturated carbocycles. The summed E-state index contributed by atoms with van der Waals surface area (Å²) >= 11 is 6.40. The standard InChI is InChI=1S/C22H27ClFN5O/c1-12(2)29-13(3)26-20-16(24)9-14(10-17(20)29)19-15(23)11-25-21(27-19)28-22(4)8-6-5-7-18(22)30/h9-12,18,30H,5-8H2,1-4H3,(H,25,27,28)/t18-,22-/m1/s1. The van der Waals surface area contributed by atoms with Crippen LogP contribution in [0, 0.1) is 12.7 Å². The van der Waals surface area contributed by atoms with Crippen LogP contribution < -0.4 is 5.32 Å². The molecule has 0 spiro atoms. The number of aryl methyl sites for hydroxylation is 1. The Morgan fingerprint density at radius 1 is 1.30 bits per heavy atom. The van der Waals surface area contributed by atoms with Crippen molar-refractivity contribution < 1.29 is 9.50 Å². The molecule has 0 amide bonds. The molecule has 0 unspecified atom stereocenters. The Morgan fingerprint density at radius 3 is 2.77 bits per heavy atom. The molecule has 6 nitrogen and oxygen atoms in total. The van der Waals surface area contributed by atoms with Crippen molar-refractivity contribution in [1.82, 2.24) is 19.5 Å². The quantitative estimate of drug-likeness (QED) is 0.587. The summed E-state index contributed by atoms with van der Waals surface area (Å²) in [4.78, 5) is 13.3. The van der Waals surface area contributed by atoms with Crippen molar-refractivity contribution in [2.75, 3.05) is 5.32 Å². The number of nitrogens with zero attached hydrogens (tertiary/aromatic N) is 4. The van der Waals surface area contributed by atoms with Gasteiger partial charge in [0.05, 0.1) is 34.1 Å². The molecule has 1 aromatic carbocycles. The monoisotopic (exact) mass is 431 g/mol. The smallest absolute Gasteiger partial charge is 0.223 e. The molecule has 2 heterocycles. The molecule has 8 heteroatoms. The average molecular weight is 432 g/mol. The van der Waals surface area contributed by atoms with Crippen LogP contribution in [0.2, 0.25) is 5.02 Å². The third kappa shape index (κ3) is 3.65. The number of nitrogens with one attached hydrogen (secondary N) is 1. The maximum Gasteiger partial charge on any atom is 0.223 e. The van der Waals surface area contributed by atoms with Crippen molar-refractivity contribution in [1.29, 1.82) is 0 Å². The van der Waals surface area contributed by atoms with Crippen LogP contribution in [0.25, 0.3) is 22.3 Å². The van der Waals surface area contributed by atoms with E-state index in [2.05, 4.69) is 20.3 Å². The van der Waals surface area contributed by atoms with E-state index in [4.69, 9.17) is 11.6 Å². The maximum absolute atomic E-state index is 14.9. The number of hydrogen-bond acceptors (Lipinski definition) is 5. The normalized spacial score (nSPS) is 22.1. The fraction of sp³-hybridized carbons (Fsp3) is 0.500. The summed E-state index contributed by atoms with van der Waals surface area (Å²) < 4.78 is 16.9. The van der Waals surface area contributed by atoms with Crippen LogP contribution in [0.4, 0.5) is 10.3 Å². The molecule has 0 bridgehead atoms. The third-order valence-corrected chi connectivity index (χ3v) is 6.29. The number of anilines is 1. The fourth-order valence-electron chi connectivity index (χ4n) is 4.40. The Labute approximate surface area is 180 Å². The topological polar surface area (TPSA) is 75.9 Å². The molecular weight excluding hydrogens is 405 g/mol. The minimum atomic E-state index is -0.508. The summed E-state index contributed by atoms with van der Waals surface area (Å²) in [6.07, 6.45) is 4.63. The molecule has 2 N–H and O–H groups in total. The highest BCUT2D eigenvalue weighted by atomic mass is 35.5. The number of aromatic nitrogens is 4. The van der Waals surface area contributed by atoms with Crippen LogP contribution in [0.3, 0.4) is 0 Å². The van der Waals surface area contributed by atoms with Gasteiger partial charge in [-0.2, -0.15) is 0 Å². The van der Waals surface area contributed by atoms with Crippen molar-refractivity contribution in [3.63, 3.8) is 0 Å². The van der Waals surface area contributed by atoms with Gasteiger partial charge in [-0.1, -0.05) is 24.4 Å². The molecule has 2 atom stereocenters.